The van der Waals surface area contributed by atoms with Crippen LogP contribution in [-0.4, -0.2) is 31.2 Å². The molecule has 0 aliphatic rings. The zero-order valence-corrected chi connectivity index (χ0v) is 15.3. The molecular weight excluding hydrogens is 276 g/mol. The Morgan fingerprint density at radius 3 is 1.68 bits per heavy atom. The minimum Gasteiger partial charge on any atom is -0.396 e. The van der Waals surface area contributed by atoms with Crippen LogP contribution in [0.1, 0.15) is 91.4 Å². The average Bonchev–Trinajstić information content (AvgIpc) is 2.52. The molecule has 0 rings (SSSR count). The smallest absolute Gasteiger partial charge is 0.160 e. The van der Waals surface area contributed by atoms with E-state index in [4.69, 9.17) is 14.6 Å². The van der Waals surface area contributed by atoms with Crippen LogP contribution in [0.3, 0.4) is 0 Å². The molecule has 0 radical (unpaired) electrons. The van der Waals surface area contributed by atoms with E-state index in [1.54, 1.807) is 0 Å². The van der Waals surface area contributed by atoms with E-state index in [2.05, 4.69) is 6.92 Å². The summed E-state index contributed by atoms with van der Waals surface area (Å²) in [5.41, 5.74) is 0. The predicted molar refractivity (Wildman–Crippen MR) is 94.1 cm³/mol. The highest BCUT2D eigenvalue weighted by Gasteiger charge is 2.21. The highest BCUT2D eigenvalue weighted by molar-refractivity contribution is 4.65. The lowest BCUT2D eigenvalue weighted by Gasteiger charge is -2.26. The molecule has 0 aliphatic heterocycles. The highest BCUT2D eigenvalue weighted by atomic mass is 16.7. The first-order valence-electron chi connectivity index (χ1n) is 9.64. The van der Waals surface area contributed by atoms with Crippen LogP contribution >= 0.6 is 0 Å². The van der Waals surface area contributed by atoms with Gasteiger partial charge in [-0.15, -0.1) is 0 Å². The molecule has 3 nitrogen and oxygen atoms in total. The van der Waals surface area contributed by atoms with Crippen molar-refractivity contribution in [1.29, 1.82) is 0 Å². The fourth-order valence-corrected chi connectivity index (χ4v) is 2.96. The van der Waals surface area contributed by atoms with Crippen molar-refractivity contribution in [1.82, 2.24) is 0 Å². The van der Waals surface area contributed by atoms with Gasteiger partial charge in [0.1, 0.15) is 0 Å². The number of rotatable bonds is 17. The zero-order chi connectivity index (χ0) is 16.5. The molecular formula is C19H40O3. The third kappa shape index (κ3) is 12.4. The van der Waals surface area contributed by atoms with Gasteiger partial charge in [-0.25, -0.2) is 0 Å². The van der Waals surface area contributed by atoms with Crippen LogP contribution in [0.2, 0.25) is 0 Å². The zero-order valence-electron chi connectivity index (χ0n) is 15.3. The summed E-state index contributed by atoms with van der Waals surface area (Å²) in [6, 6.07) is 0. The Morgan fingerprint density at radius 1 is 0.682 bits per heavy atom. The third-order valence-corrected chi connectivity index (χ3v) is 4.21. The molecule has 22 heavy (non-hydrogen) atoms. The highest BCUT2D eigenvalue weighted by Crippen LogP contribution is 2.23. The first-order chi connectivity index (χ1) is 10.8. The monoisotopic (exact) mass is 316 g/mol. The van der Waals surface area contributed by atoms with Crippen molar-refractivity contribution < 1.29 is 14.6 Å². The van der Waals surface area contributed by atoms with E-state index in [-0.39, 0.29) is 12.9 Å². The van der Waals surface area contributed by atoms with E-state index in [0.717, 1.165) is 19.3 Å². The average molecular weight is 317 g/mol. The molecule has 0 aromatic heterocycles. The van der Waals surface area contributed by atoms with Crippen molar-refractivity contribution >= 4 is 0 Å². The number of aliphatic hydroxyl groups is 1. The maximum Gasteiger partial charge on any atom is 0.160 e. The molecule has 0 amide bonds. The Labute approximate surface area is 138 Å². The quantitative estimate of drug-likeness (QED) is 0.292. The van der Waals surface area contributed by atoms with E-state index >= 15 is 0 Å². The summed E-state index contributed by atoms with van der Waals surface area (Å²) in [7, 11) is 0. The van der Waals surface area contributed by atoms with E-state index in [0.29, 0.717) is 19.1 Å². The molecule has 0 heterocycles. The van der Waals surface area contributed by atoms with Gasteiger partial charge in [0.15, 0.2) is 6.29 Å². The molecule has 0 bridgehead atoms. The fourth-order valence-electron chi connectivity index (χ4n) is 2.96. The van der Waals surface area contributed by atoms with Crippen LogP contribution < -0.4 is 0 Å². The van der Waals surface area contributed by atoms with Crippen LogP contribution in [0, 0.1) is 5.92 Å². The Kier molecular flexibility index (Phi) is 17.1. The minimum atomic E-state index is -0.0916. The number of hydrogen-bond acceptors (Lipinski definition) is 3. The standard InChI is InChI=1S/C19H40O3/c1-4-7-8-9-10-11-12-13-15-18(16-14-17-20)19(21-5-2)22-6-3/h18-20H,4-17H2,1-3H3. The van der Waals surface area contributed by atoms with Crippen LogP contribution in [0.25, 0.3) is 0 Å². The van der Waals surface area contributed by atoms with Crippen LogP contribution in [-0.2, 0) is 9.47 Å². The number of ether oxygens (including phenoxy) is 2. The molecule has 0 saturated heterocycles. The summed E-state index contributed by atoms with van der Waals surface area (Å²) >= 11 is 0. The summed E-state index contributed by atoms with van der Waals surface area (Å²) in [6.45, 7) is 7.95. The summed E-state index contributed by atoms with van der Waals surface area (Å²) in [5.74, 6) is 0.423. The molecule has 0 saturated carbocycles. The maximum atomic E-state index is 9.09. The second kappa shape index (κ2) is 17.2. The van der Waals surface area contributed by atoms with Gasteiger partial charge in [-0.05, 0) is 33.1 Å². The van der Waals surface area contributed by atoms with E-state index < -0.39 is 0 Å². The first-order valence-corrected chi connectivity index (χ1v) is 9.64. The predicted octanol–water partition coefficient (Wildman–Crippen LogP) is 5.31. The summed E-state index contributed by atoms with van der Waals surface area (Å²) in [5, 5.41) is 9.09. The Bertz CT molecular complexity index is 203. The lowest BCUT2D eigenvalue weighted by molar-refractivity contribution is -0.170. The van der Waals surface area contributed by atoms with Gasteiger partial charge in [0.05, 0.1) is 0 Å². The largest absolute Gasteiger partial charge is 0.396 e. The fraction of sp³-hybridized carbons (Fsp3) is 1.00. The van der Waals surface area contributed by atoms with Crippen molar-refractivity contribution in [3.05, 3.63) is 0 Å². The maximum absolute atomic E-state index is 9.09. The Hall–Kier alpha value is -0.120. The van der Waals surface area contributed by atoms with Gasteiger partial charge >= 0.3 is 0 Å². The van der Waals surface area contributed by atoms with E-state index in [9.17, 15) is 0 Å². The topological polar surface area (TPSA) is 38.7 Å². The van der Waals surface area contributed by atoms with Gasteiger partial charge < -0.3 is 14.6 Å². The van der Waals surface area contributed by atoms with Crippen molar-refractivity contribution in [2.45, 2.75) is 97.7 Å². The van der Waals surface area contributed by atoms with Crippen molar-refractivity contribution in [2.24, 2.45) is 5.92 Å². The molecule has 1 N–H and O–H groups in total. The normalized spacial score (nSPS) is 13.0. The van der Waals surface area contributed by atoms with Gasteiger partial charge in [-0.1, -0.05) is 58.3 Å². The summed E-state index contributed by atoms with van der Waals surface area (Å²) in [4.78, 5) is 0. The Balaban J connectivity index is 3.91. The van der Waals surface area contributed by atoms with Gasteiger partial charge in [0, 0.05) is 25.7 Å². The van der Waals surface area contributed by atoms with Crippen molar-refractivity contribution in [3.63, 3.8) is 0 Å². The van der Waals surface area contributed by atoms with Crippen molar-refractivity contribution in [3.8, 4) is 0 Å². The van der Waals surface area contributed by atoms with Crippen LogP contribution in [0.15, 0.2) is 0 Å². The summed E-state index contributed by atoms with van der Waals surface area (Å²) in [6.07, 6.45) is 13.7. The molecule has 0 fully saturated rings. The molecule has 0 spiro atoms. The molecule has 1 atom stereocenters. The van der Waals surface area contributed by atoms with E-state index in [1.165, 1.54) is 51.4 Å². The molecule has 134 valence electrons. The van der Waals surface area contributed by atoms with Gasteiger partial charge in [0.25, 0.3) is 0 Å². The second-order valence-electron chi connectivity index (χ2n) is 6.17. The third-order valence-electron chi connectivity index (χ3n) is 4.21. The van der Waals surface area contributed by atoms with E-state index in [1.807, 2.05) is 13.8 Å². The lowest BCUT2D eigenvalue weighted by atomic mass is 9.95. The van der Waals surface area contributed by atoms with Gasteiger partial charge in [-0.2, -0.15) is 0 Å². The van der Waals surface area contributed by atoms with Crippen molar-refractivity contribution in [2.75, 3.05) is 19.8 Å². The molecule has 0 aromatic rings. The number of unbranched alkanes of at least 4 members (excludes halogenated alkanes) is 7. The van der Waals surface area contributed by atoms with Crippen LogP contribution in [0.5, 0.6) is 0 Å². The molecule has 0 aromatic carbocycles. The first kappa shape index (κ1) is 21.9. The lowest BCUT2D eigenvalue weighted by Crippen LogP contribution is -2.28. The Morgan fingerprint density at radius 2 is 1.18 bits per heavy atom. The minimum absolute atomic E-state index is 0.0916. The molecule has 1 unspecified atom stereocenters. The molecule has 0 aliphatic carbocycles. The summed E-state index contributed by atoms with van der Waals surface area (Å²) < 4.78 is 11.5. The number of aliphatic hydroxyl groups excluding tert-OH is 1. The second-order valence-corrected chi connectivity index (χ2v) is 6.17. The van der Waals surface area contributed by atoms with Gasteiger partial charge in [-0.3, -0.25) is 0 Å². The SMILES string of the molecule is CCCCCCCCCCC(CCCO)C(OCC)OCC. The van der Waals surface area contributed by atoms with Gasteiger partial charge in [0.2, 0.25) is 0 Å². The van der Waals surface area contributed by atoms with Crippen LogP contribution in [0.4, 0.5) is 0 Å². The number of hydrogen-bond donors (Lipinski definition) is 1. The molecule has 3 heteroatoms.